The van der Waals surface area contributed by atoms with E-state index in [1.54, 1.807) is 6.07 Å². The fourth-order valence-corrected chi connectivity index (χ4v) is 2.54. The fourth-order valence-electron chi connectivity index (χ4n) is 2.54. The molecule has 0 unspecified atom stereocenters. The standard InChI is InChI=1S/C18H19N3O2/c1-2-5-14(22)10-8-13-9-11-18(23)17(12-13)21-19-15-6-3-4-7-16(15)20-21/h3-4,6-7,9,11-12,23H,2,5,8,10H2,1H3. The Hall–Kier alpha value is -2.69. The maximum absolute atomic E-state index is 11.7. The zero-order valence-electron chi connectivity index (χ0n) is 13.1. The number of phenolic OH excluding ortho intramolecular Hbond substituents is 1. The van der Waals surface area contributed by atoms with Crippen molar-refractivity contribution in [2.24, 2.45) is 0 Å². The van der Waals surface area contributed by atoms with E-state index in [1.807, 2.05) is 43.3 Å². The van der Waals surface area contributed by atoms with Crippen molar-refractivity contribution in [3.8, 4) is 11.4 Å². The van der Waals surface area contributed by atoms with Crippen LogP contribution >= 0.6 is 0 Å². The van der Waals surface area contributed by atoms with Crippen LogP contribution in [0.25, 0.3) is 16.7 Å². The number of hydrogen-bond acceptors (Lipinski definition) is 4. The lowest BCUT2D eigenvalue weighted by Gasteiger charge is -2.06. The highest BCUT2D eigenvalue weighted by molar-refractivity contribution is 5.78. The van der Waals surface area contributed by atoms with Gasteiger partial charge in [-0.2, -0.15) is 0 Å². The average Bonchev–Trinajstić information content (AvgIpc) is 2.98. The first-order chi connectivity index (χ1) is 11.2. The lowest BCUT2D eigenvalue weighted by molar-refractivity contribution is -0.119. The van der Waals surface area contributed by atoms with Crippen molar-refractivity contribution in [1.29, 1.82) is 0 Å². The predicted molar refractivity (Wildman–Crippen MR) is 88.8 cm³/mol. The summed E-state index contributed by atoms with van der Waals surface area (Å²) < 4.78 is 0. The molecule has 0 saturated heterocycles. The highest BCUT2D eigenvalue weighted by Crippen LogP contribution is 2.23. The second-order valence-electron chi connectivity index (χ2n) is 5.59. The summed E-state index contributed by atoms with van der Waals surface area (Å²) in [5.74, 6) is 0.388. The van der Waals surface area contributed by atoms with Gasteiger partial charge in [0.05, 0.1) is 0 Å². The van der Waals surface area contributed by atoms with E-state index in [9.17, 15) is 9.90 Å². The highest BCUT2D eigenvalue weighted by atomic mass is 16.3. The topological polar surface area (TPSA) is 68.0 Å². The van der Waals surface area contributed by atoms with Gasteiger partial charge in [0.15, 0.2) is 0 Å². The van der Waals surface area contributed by atoms with Gasteiger partial charge >= 0.3 is 0 Å². The van der Waals surface area contributed by atoms with Crippen molar-refractivity contribution < 1.29 is 9.90 Å². The van der Waals surface area contributed by atoms with Gasteiger partial charge in [-0.25, -0.2) is 0 Å². The molecule has 1 aromatic heterocycles. The molecule has 3 rings (SSSR count). The van der Waals surface area contributed by atoms with Crippen molar-refractivity contribution in [3.05, 3.63) is 48.0 Å². The molecule has 0 aliphatic carbocycles. The molecule has 0 saturated carbocycles. The third-order valence-corrected chi connectivity index (χ3v) is 3.76. The minimum absolute atomic E-state index is 0.119. The fraction of sp³-hybridized carbons (Fsp3) is 0.278. The molecule has 0 atom stereocenters. The Bertz CT molecular complexity index is 806. The maximum Gasteiger partial charge on any atom is 0.143 e. The number of nitrogens with zero attached hydrogens (tertiary/aromatic N) is 3. The van der Waals surface area contributed by atoms with Gasteiger partial charge in [-0.3, -0.25) is 4.79 Å². The summed E-state index contributed by atoms with van der Waals surface area (Å²) in [6.45, 7) is 2.00. The second-order valence-corrected chi connectivity index (χ2v) is 5.59. The largest absolute Gasteiger partial charge is 0.506 e. The van der Waals surface area contributed by atoms with Crippen LogP contribution in [0.1, 0.15) is 31.7 Å². The van der Waals surface area contributed by atoms with Gasteiger partial charge in [-0.05, 0) is 42.7 Å². The summed E-state index contributed by atoms with van der Waals surface area (Å²) in [5.41, 5.74) is 3.07. The van der Waals surface area contributed by atoms with Crippen LogP contribution in [0.5, 0.6) is 5.75 Å². The molecule has 118 valence electrons. The molecule has 0 aliphatic heterocycles. The summed E-state index contributed by atoms with van der Waals surface area (Å²) >= 11 is 0. The van der Waals surface area contributed by atoms with Gasteiger partial charge in [0.25, 0.3) is 0 Å². The zero-order valence-corrected chi connectivity index (χ0v) is 13.1. The Morgan fingerprint density at radius 3 is 2.43 bits per heavy atom. The first-order valence-electron chi connectivity index (χ1n) is 7.83. The number of phenols is 1. The molecule has 3 aromatic rings. The lowest BCUT2D eigenvalue weighted by atomic mass is 10.0. The molecule has 5 heteroatoms. The Balaban J connectivity index is 1.86. The third-order valence-electron chi connectivity index (χ3n) is 3.76. The maximum atomic E-state index is 11.7. The number of rotatable bonds is 6. The molecule has 0 spiro atoms. The van der Waals surface area contributed by atoms with E-state index >= 15 is 0 Å². The van der Waals surface area contributed by atoms with Gasteiger partial charge < -0.3 is 5.11 Å². The van der Waals surface area contributed by atoms with Crippen LogP contribution < -0.4 is 0 Å². The van der Waals surface area contributed by atoms with Gasteiger partial charge in [0, 0.05) is 12.8 Å². The molecule has 5 nitrogen and oxygen atoms in total. The number of ketones is 1. The Morgan fingerprint density at radius 1 is 1.09 bits per heavy atom. The normalized spacial score (nSPS) is 11.0. The number of aromatic nitrogens is 3. The van der Waals surface area contributed by atoms with E-state index in [0.717, 1.165) is 23.0 Å². The Kier molecular flexibility index (Phi) is 4.37. The minimum Gasteiger partial charge on any atom is -0.506 e. The monoisotopic (exact) mass is 309 g/mol. The molecule has 0 fully saturated rings. The van der Waals surface area contributed by atoms with Crippen LogP contribution in [0, 0.1) is 0 Å². The zero-order chi connectivity index (χ0) is 16.2. The number of carbonyl (C=O) groups excluding carboxylic acids is 1. The van der Waals surface area contributed by atoms with Crippen molar-refractivity contribution in [2.75, 3.05) is 0 Å². The molecule has 0 radical (unpaired) electrons. The highest BCUT2D eigenvalue weighted by Gasteiger charge is 2.10. The summed E-state index contributed by atoms with van der Waals surface area (Å²) in [5, 5.41) is 18.9. The van der Waals surface area contributed by atoms with Crippen LogP contribution in [-0.2, 0) is 11.2 Å². The van der Waals surface area contributed by atoms with E-state index in [2.05, 4.69) is 10.2 Å². The number of Topliss-reactive ketones (excluding diaryl/α,β-unsaturated/α-hetero) is 1. The summed E-state index contributed by atoms with van der Waals surface area (Å²) in [6, 6.07) is 12.9. The van der Waals surface area contributed by atoms with E-state index in [4.69, 9.17) is 0 Å². The number of benzene rings is 2. The number of aryl methyl sites for hydroxylation is 1. The molecule has 0 aliphatic rings. The smallest absolute Gasteiger partial charge is 0.143 e. The average molecular weight is 309 g/mol. The van der Waals surface area contributed by atoms with Crippen LogP contribution in [0.2, 0.25) is 0 Å². The molecule has 2 aromatic carbocycles. The second kappa shape index (κ2) is 6.60. The SMILES string of the molecule is CCCC(=O)CCc1ccc(O)c(-n2nc3ccccc3n2)c1. The van der Waals surface area contributed by atoms with E-state index in [0.29, 0.717) is 24.9 Å². The Labute approximate surface area is 134 Å². The van der Waals surface area contributed by atoms with Crippen molar-refractivity contribution in [3.63, 3.8) is 0 Å². The molecule has 23 heavy (non-hydrogen) atoms. The van der Waals surface area contributed by atoms with Crippen LogP contribution in [0.4, 0.5) is 0 Å². The predicted octanol–water partition coefficient (Wildman–Crippen LogP) is 3.43. The van der Waals surface area contributed by atoms with E-state index in [-0.39, 0.29) is 11.5 Å². The molecule has 1 heterocycles. The van der Waals surface area contributed by atoms with Crippen molar-refractivity contribution in [2.45, 2.75) is 32.6 Å². The van der Waals surface area contributed by atoms with Crippen molar-refractivity contribution in [1.82, 2.24) is 15.0 Å². The first-order valence-corrected chi connectivity index (χ1v) is 7.83. The molecule has 0 bridgehead atoms. The summed E-state index contributed by atoms with van der Waals surface area (Å²) in [7, 11) is 0. The quantitative estimate of drug-likeness (QED) is 0.757. The van der Waals surface area contributed by atoms with Gasteiger partial charge in [0.2, 0.25) is 0 Å². The minimum atomic E-state index is 0.119. The molecular weight excluding hydrogens is 290 g/mol. The molecule has 1 N–H and O–H groups in total. The summed E-state index contributed by atoms with van der Waals surface area (Å²) in [4.78, 5) is 13.1. The first kappa shape index (κ1) is 15.2. The number of aromatic hydroxyl groups is 1. The van der Waals surface area contributed by atoms with Crippen LogP contribution in [0.3, 0.4) is 0 Å². The third kappa shape index (κ3) is 3.39. The number of carbonyl (C=O) groups is 1. The van der Waals surface area contributed by atoms with Gasteiger partial charge in [0.1, 0.15) is 28.3 Å². The van der Waals surface area contributed by atoms with E-state index < -0.39 is 0 Å². The van der Waals surface area contributed by atoms with Gasteiger partial charge in [-0.1, -0.05) is 25.1 Å². The van der Waals surface area contributed by atoms with Gasteiger partial charge in [-0.15, -0.1) is 15.0 Å². The van der Waals surface area contributed by atoms with E-state index in [1.165, 1.54) is 4.80 Å². The lowest BCUT2D eigenvalue weighted by Crippen LogP contribution is -2.02. The molecule has 0 amide bonds. The molecular formula is C18H19N3O2. The van der Waals surface area contributed by atoms with Crippen molar-refractivity contribution >= 4 is 16.8 Å². The van der Waals surface area contributed by atoms with Crippen LogP contribution in [0.15, 0.2) is 42.5 Å². The Morgan fingerprint density at radius 2 is 1.78 bits per heavy atom. The number of hydrogen-bond donors (Lipinski definition) is 1. The summed E-state index contributed by atoms with van der Waals surface area (Å²) in [6.07, 6.45) is 2.68. The van der Waals surface area contributed by atoms with Crippen LogP contribution in [-0.4, -0.2) is 25.9 Å². The number of fused-ring (bicyclic) bond motifs is 1.